The normalized spacial score (nSPS) is 19.7. The summed E-state index contributed by atoms with van der Waals surface area (Å²) in [5, 5.41) is 0.585. The highest BCUT2D eigenvalue weighted by atomic mass is 35.5. The molecule has 162 valence electrons. The minimum Gasteiger partial charge on any atom is -0.311 e. The van der Waals surface area contributed by atoms with Crippen molar-refractivity contribution in [3.8, 4) is 0 Å². The number of aryl methyl sites for hydroxylation is 1. The number of amides is 2. The predicted molar refractivity (Wildman–Crippen MR) is 125 cm³/mol. The largest absolute Gasteiger partial charge is 0.311 e. The Bertz CT molecular complexity index is 1250. The van der Waals surface area contributed by atoms with E-state index in [0.717, 1.165) is 22.4 Å². The molecule has 1 saturated heterocycles. The van der Waals surface area contributed by atoms with Crippen LogP contribution >= 0.6 is 23.4 Å². The van der Waals surface area contributed by atoms with E-state index in [1.165, 1.54) is 30.0 Å². The molecule has 2 aliphatic rings. The molecule has 3 aromatic carbocycles. The van der Waals surface area contributed by atoms with Gasteiger partial charge >= 0.3 is 0 Å². The summed E-state index contributed by atoms with van der Waals surface area (Å²) in [5.74, 6) is -0.397. The maximum absolute atomic E-state index is 14.0. The predicted octanol–water partition coefficient (Wildman–Crippen LogP) is 5.38. The number of carbonyl (C=O) groups is 2. The second-order valence-corrected chi connectivity index (χ2v) is 9.66. The highest BCUT2D eigenvalue weighted by Gasteiger charge is 2.59. The van der Waals surface area contributed by atoms with Crippen LogP contribution in [0.2, 0.25) is 5.02 Å². The minimum absolute atomic E-state index is 0.176. The molecule has 0 aromatic heterocycles. The van der Waals surface area contributed by atoms with Gasteiger partial charge in [0, 0.05) is 28.4 Å². The van der Waals surface area contributed by atoms with E-state index in [4.69, 9.17) is 11.6 Å². The lowest BCUT2D eigenvalue weighted by Gasteiger charge is -2.33. The Labute approximate surface area is 195 Å². The van der Waals surface area contributed by atoms with E-state index in [-0.39, 0.29) is 17.4 Å². The van der Waals surface area contributed by atoms with Crippen molar-refractivity contribution in [2.45, 2.75) is 18.3 Å². The summed E-state index contributed by atoms with van der Waals surface area (Å²) in [6.45, 7) is 2.67. The Morgan fingerprint density at radius 3 is 2.72 bits per heavy atom. The molecule has 0 radical (unpaired) electrons. The van der Waals surface area contributed by atoms with Crippen molar-refractivity contribution in [2.24, 2.45) is 0 Å². The molecule has 2 heterocycles. The lowest BCUT2D eigenvalue weighted by Crippen LogP contribution is -2.50. The van der Waals surface area contributed by atoms with Crippen LogP contribution in [0.3, 0.4) is 0 Å². The molecule has 0 bridgehead atoms. The van der Waals surface area contributed by atoms with Crippen LogP contribution in [-0.4, -0.2) is 29.0 Å². The quantitative estimate of drug-likeness (QED) is 0.520. The number of fused-ring (bicyclic) bond motifs is 2. The van der Waals surface area contributed by atoms with Crippen LogP contribution in [0.25, 0.3) is 0 Å². The van der Waals surface area contributed by atoms with Crippen LogP contribution in [0, 0.1) is 12.7 Å². The zero-order valence-electron chi connectivity index (χ0n) is 17.3. The van der Waals surface area contributed by atoms with Crippen molar-refractivity contribution in [3.05, 3.63) is 99.8 Å². The molecule has 4 nitrogen and oxygen atoms in total. The lowest BCUT2D eigenvalue weighted by molar-refractivity contribution is -0.123. The van der Waals surface area contributed by atoms with Crippen molar-refractivity contribution >= 4 is 40.9 Å². The third-order valence-electron chi connectivity index (χ3n) is 5.95. The van der Waals surface area contributed by atoms with Crippen LogP contribution in [0.4, 0.5) is 10.1 Å². The molecule has 3 aromatic rings. The second-order valence-electron chi connectivity index (χ2n) is 7.96. The Hall–Kier alpha value is -2.83. The zero-order chi connectivity index (χ0) is 22.5. The fraction of sp³-hybridized carbons (Fsp3) is 0.200. The first kappa shape index (κ1) is 21.0. The number of carbonyl (C=O) groups excluding carboxylic acids is 2. The molecule has 1 spiro atoms. The third-order valence-corrected chi connectivity index (χ3v) is 7.74. The molecule has 2 amide bonds. The maximum atomic E-state index is 14.0. The summed E-state index contributed by atoms with van der Waals surface area (Å²) in [4.78, 5) is 29.6. The first-order valence-corrected chi connectivity index (χ1v) is 11.7. The van der Waals surface area contributed by atoms with Gasteiger partial charge in [0.2, 0.25) is 0 Å². The van der Waals surface area contributed by atoms with Crippen molar-refractivity contribution in [1.82, 2.24) is 4.90 Å². The Morgan fingerprint density at radius 1 is 1.12 bits per heavy atom. The molecule has 1 fully saturated rings. The van der Waals surface area contributed by atoms with Gasteiger partial charge in [0.15, 0.2) is 4.87 Å². The van der Waals surface area contributed by atoms with Gasteiger partial charge in [-0.2, -0.15) is 0 Å². The number of halogens is 2. The van der Waals surface area contributed by atoms with Gasteiger partial charge in [-0.25, -0.2) is 4.39 Å². The standard InChI is InChI=1S/C25H20ClFN2O2S/c1-16-9-10-22-20(13-16)25(24(31)28(22)15-18-5-2-3-8-21(18)26)29(11-12-32-25)23(30)17-6-4-7-19(27)14-17/h2-10,13-14H,11-12,15H2,1H3/t25-/m0/s1. The van der Waals surface area contributed by atoms with Crippen molar-refractivity contribution < 1.29 is 14.0 Å². The van der Waals surface area contributed by atoms with E-state index in [1.807, 2.05) is 43.3 Å². The monoisotopic (exact) mass is 466 g/mol. The van der Waals surface area contributed by atoms with Crippen molar-refractivity contribution in [3.63, 3.8) is 0 Å². The molecule has 1 atom stereocenters. The van der Waals surface area contributed by atoms with E-state index in [1.54, 1.807) is 21.9 Å². The van der Waals surface area contributed by atoms with Crippen LogP contribution in [0.1, 0.15) is 27.0 Å². The molecule has 7 heteroatoms. The van der Waals surface area contributed by atoms with Gasteiger partial charge in [-0.15, -0.1) is 11.8 Å². The fourth-order valence-electron chi connectivity index (χ4n) is 4.46. The van der Waals surface area contributed by atoms with Gasteiger partial charge in [0.1, 0.15) is 5.82 Å². The van der Waals surface area contributed by atoms with Gasteiger partial charge in [-0.1, -0.05) is 53.6 Å². The number of rotatable bonds is 3. The van der Waals surface area contributed by atoms with E-state index in [2.05, 4.69) is 0 Å². The van der Waals surface area contributed by atoms with Gasteiger partial charge < -0.3 is 9.80 Å². The lowest BCUT2D eigenvalue weighted by atomic mass is 10.0. The molecule has 32 heavy (non-hydrogen) atoms. The zero-order valence-corrected chi connectivity index (χ0v) is 18.9. The third kappa shape index (κ3) is 3.21. The Morgan fingerprint density at radius 2 is 1.94 bits per heavy atom. The number of nitrogens with zero attached hydrogens (tertiary/aromatic N) is 2. The molecule has 0 unspecified atom stereocenters. The highest BCUT2D eigenvalue weighted by Crippen LogP contribution is 2.55. The number of anilines is 1. The molecule has 0 saturated carbocycles. The summed E-state index contributed by atoms with van der Waals surface area (Å²) >= 11 is 7.84. The summed E-state index contributed by atoms with van der Waals surface area (Å²) in [5.41, 5.74) is 3.63. The first-order chi connectivity index (χ1) is 15.4. The number of thioether (sulfide) groups is 1. The minimum atomic E-state index is -1.17. The average Bonchev–Trinajstić information content (AvgIpc) is 3.32. The second kappa shape index (κ2) is 7.94. The summed E-state index contributed by atoms with van der Waals surface area (Å²) in [6.07, 6.45) is 0. The molecular weight excluding hydrogens is 447 g/mol. The van der Waals surface area contributed by atoms with Crippen LogP contribution in [-0.2, 0) is 16.2 Å². The average molecular weight is 467 g/mol. The topological polar surface area (TPSA) is 40.6 Å². The Balaban J connectivity index is 1.61. The van der Waals surface area contributed by atoms with Crippen LogP contribution < -0.4 is 4.90 Å². The maximum Gasteiger partial charge on any atom is 0.268 e. The van der Waals surface area contributed by atoms with Crippen LogP contribution in [0.5, 0.6) is 0 Å². The van der Waals surface area contributed by atoms with E-state index in [0.29, 0.717) is 23.9 Å². The van der Waals surface area contributed by atoms with Gasteiger partial charge in [-0.05, 0) is 42.8 Å². The molecular formula is C25H20ClFN2O2S. The van der Waals surface area contributed by atoms with Crippen molar-refractivity contribution in [1.29, 1.82) is 0 Å². The highest BCUT2D eigenvalue weighted by molar-refractivity contribution is 8.01. The molecule has 0 N–H and O–H groups in total. The number of hydrogen-bond acceptors (Lipinski definition) is 3. The van der Waals surface area contributed by atoms with E-state index >= 15 is 0 Å². The molecule has 5 rings (SSSR count). The van der Waals surface area contributed by atoms with E-state index < -0.39 is 10.7 Å². The summed E-state index contributed by atoms with van der Waals surface area (Å²) in [7, 11) is 0. The van der Waals surface area contributed by atoms with Crippen LogP contribution in [0.15, 0.2) is 66.7 Å². The molecule has 0 aliphatic carbocycles. The van der Waals surface area contributed by atoms with Gasteiger partial charge in [0.25, 0.3) is 11.8 Å². The summed E-state index contributed by atoms with van der Waals surface area (Å²) < 4.78 is 13.8. The Kier molecular flexibility index (Phi) is 5.22. The SMILES string of the molecule is Cc1ccc2c(c1)[C@]1(SCCN1C(=O)c1cccc(F)c1)C(=O)N2Cc1ccccc1Cl. The van der Waals surface area contributed by atoms with Crippen molar-refractivity contribution in [2.75, 3.05) is 17.2 Å². The smallest absolute Gasteiger partial charge is 0.268 e. The molecule has 2 aliphatic heterocycles. The number of benzene rings is 3. The van der Waals surface area contributed by atoms with Gasteiger partial charge in [-0.3, -0.25) is 9.59 Å². The summed E-state index contributed by atoms with van der Waals surface area (Å²) in [6, 6.07) is 18.9. The van der Waals surface area contributed by atoms with E-state index in [9.17, 15) is 14.0 Å². The number of hydrogen-bond donors (Lipinski definition) is 0. The fourth-order valence-corrected chi connectivity index (χ4v) is 6.11. The first-order valence-electron chi connectivity index (χ1n) is 10.3. The van der Waals surface area contributed by atoms with Gasteiger partial charge in [0.05, 0.1) is 12.2 Å².